The number of nitrogens with zero attached hydrogens (tertiary/aromatic N) is 5. The fourth-order valence-corrected chi connectivity index (χ4v) is 4.32. The number of amides is 1. The van der Waals surface area contributed by atoms with Gasteiger partial charge in [0.1, 0.15) is 16.5 Å². The van der Waals surface area contributed by atoms with Gasteiger partial charge in [-0.25, -0.2) is 4.98 Å². The number of nitrogens with one attached hydrogen (secondary N) is 1. The van der Waals surface area contributed by atoms with Crippen LogP contribution >= 0.6 is 11.3 Å². The molecule has 28 heavy (non-hydrogen) atoms. The van der Waals surface area contributed by atoms with E-state index in [-0.39, 0.29) is 5.91 Å². The lowest BCUT2D eigenvalue weighted by atomic mass is 10.1. The lowest BCUT2D eigenvalue weighted by Crippen LogP contribution is -2.27. The van der Waals surface area contributed by atoms with E-state index in [0.717, 1.165) is 47.6 Å². The number of fused-ring (bicyclic) bond motifs is 1. The molecule has 0 fully saturated rings. The molecule has 4 rings (SSSR count). The van der Waals surface area contributed by atoms with Crippen molar-refractivity contribution in [1.29, 1.82) is 0 Å². The third-order valence-corrected chi connectivity index (χ3v) is 5.73. The highest BCUT2D eigenvalue weighted by Gasteiger charge is 2.20. The molecule has 1 amide bonds. The molecule has 1 aromatic carbocycles. The predicted molar refractivity (Wildman–Crippen MR) is 110 cm³/mol. The number of hydrogen-bond donors (Lipinski definition) is 1. The largest absolute Gasteiger partial charge is 0.347 e. The Hall–Kier alpha value is -2.74. The van der Waals surface area contributed by atoms with Gasteiger partial charge < -0.3 is 14.8 Å². The molecule has 0 radical (unpaired) electrons. The number of carbonyl (C=O) groups is 1. The molecule has 0 aliphatic carbocycles. The van der Waals surface area contributed by atoms with E-state index in [0.29, 0.717) is 12.2 Å². The van der Waals surface area contributed by atoms with Crippen molar-refractivity contribution in [2.75, 3.05) is 18.0 Å². The predicted octanol–water partition coefficient (Wildman–Crippen LogP) is 2.65. The molecule has 0 saturated heterocycles. The van der Waals surface area contributed by atoms with Crippen LogP contribution in [0.25, 0.3) is 0 Å². The molecule has 0 saturated carbocycles. The van der Waals surface area contributed by atoms with E-state index >= 15 is 0 Å². The van der Waals surface area contributed by atoms with Gasteiger partial charge in [-0.3, -0.25) is 4.79 Å². The molecular weight excluding hydrogens is 372 g/mol. The molecule has 3 aromatic rings. The minimum absolute atomic E-state index is 0.128. The summed E-state index contributed by atoms with van der Waals surface area (Å²) in [5.74, 6) is 0.816. The number of anilines is 1. The Bertz CT molecular complexity index is 962. The minimum Gasteiger partial charge on any atom is -0.347 e. The smallest absolute Gasteiger partial charge is 0.271 e. The van der Waals surface area contributed by atoms with Gasteiger partial charge in [0.2, 0.25) is 5.13 Å². The lowest BCUT2D eigenvalue weighted by Gasteiger charge is -2.17. The monoisotopic (exact) mass is 396 g/mol. The number of carbonyl (C=O) groups excluding carboxylic acids is 1. The van der Waals surface area contributed by atoms with E-state index in [2.05, 4.69) is 62.0 Å². The van der Waals surface area contributed by atoms with Crippen LogP contribution in [0.15, 0.2) is 24.4 Å². The summed E-state index contributed by atoms with van der Waals surface area (Å²) in [5, 5.41) is 13.3. The van der Waals surface area contributed by atoms with Crippen molar-refractivity contribution < 1.29 is 4.79 Å². The molecule has 0 bridgehead atoms. The molecule has 0 unspecified atom stereocenters. The van der Waals surface area contributed by atoms with Gasteiger partial charge in [0.15, 0.2) is 0 Å². The molecule has 146 valence electrons. The topological polar surface area (TPSA) is 75.9 Å². The van der Waals surface area contributed by atoms with Gasteiger partial charge in [-0.05, 0) is 26.3 Å². The first kappa shape index (κ1) is 18.6. The summed E-state index contributed by atoms with van der Waals surface area (Å²) in [6.45, 7) is 9.05. The van der Waals surface area contributed by atoms with Crippen molar-refractivity contribution in [1.82, 2.24) is 25.1 Å². The number of aryl methyl sites for hydroxylation is 3. The second-order valence-corrected chi connectivity index (χ2v) is 8.42. The van der Waals surface area contributed by atoms with Gasteiger partial charge in [0.05, 0.1) is 0 Å². The van der Waals surface area contributed by atoms with Crippen LogP contribution in [-0.4, -0.2) is 38.7 Å². The van der Waals surface area contributed by atoms with Crippen molar-refractivity contribution in [3.8, 4) is 0 Å². The standard InChI is InChI=1S/C20H24N6OS/c1-13-8-14(2)10-16(9-13)11-21-19(27)17-12-26-7-6-25(5-4-18(26)22-17)20-24-23-15(3)28-20/h8-10,12H,4-7,11H2,1-3H3,(H,21,27). The molecule has 1 N–H and O–H groups in total. The summed E-state index contributed by atoms with van der Waals surface area (Å²) in [4.78, 5) is 19.4. The Labute approximate surface area is 168 Å². The maximum Gasteiger partial charge on any atom is 0.271 e. The summed E-state index contributed by atoms with van der Waals surface area (Å²) < 4.78 is 2.08. The second kappa shape index (κ2) is 7.71. The third-order valence-electron chi connectivity index (χ3n) is 4.83. The number of rotatable bonds is 4. The van der Waals surface area contributed by atoms with Crippen LogP contribution in [0.2, 0.25) is 0 Å². The lowest BCUT2D eigenvalue weighted by molar-refractivity contribution is 0.0946. The minimum atomic E-state index is -0.128. The fourth-order valence-electron chi connectivity index (χ4n) is 3.58. The first-order valence-electron chi connectivity index (χ1n) is 9.44. The van der Waals surface area contributed by atoms with Gasteiger partial charge in [-0.1, -0.05) is 40.7 Å². The van der Waals surface area contributed by atoms with Crippen LogP contribution in [0.3, 0.4) is 0 Å². The molecule has 8 heteroatoms. The summed E-state index contributed by atoms with van der Waals surface area (Å²) in [6.07, 6.45) is 2.64. The summed E-state index contributed by atoms with van der Waals surface area (Å²) in [5.41, 5.74) is 4.00. The molecular formula is C20H24N6OS. The van der Waals surface area contributed by atoms with Gasteiger partial charge in [0.25, 0.3) is 5.91 Å². The fraction of sp³-hybridized carbons (Fsp3) is 0.400. The van der Waals surface area contributed by atoms with Crippen molar-refractivity contribution >= 4 is 22.4 Å². The molecule has 7 nitrogen and oxygen atoms in total. The second-order valence-electron chi connectivity index (χ2n) is 7.26. The van der Waals surface area contributed by atoms with E-state index in [1.54, 1.807) is 11.3 Å². The Morgan fingerprint density at radius 1 is 1.11 bits per heavy atom. The van der Waals surface area contributed by atoms with Crippen molar-refractivity contribution in [3.05, 3.63) is 57.6 Å². The SMILES string of the molecule is Cc1cc(C)cc(CNC(=O)c2cn3c(n2)CCN(c2nnc(C)s2)CC3)c1. The zero-order chi connectivity index (χ0) is 19.7. The zero-order valence-electron chi connectivity index (χ0n) is 16.4. The van der Waals surface area contributed by atoms with E-state index < -0.39 is 0 Å². The molecule has 2 aromatic heterocycles. The van der Waals surface area contributed by atoms with E-state index in [1.807, 2.05) is 13.1 Å². The molecule has 3 heterocycles. The van der Waals surface area contributed by atoms with Crippen LogP contribution in [0.5, 0.6) is 0 Å². The van der Waals surface area contributed by atoms with E-state index in [9.17, 15) is 4.79 Å². The average Bonchev–Trinajstić information content (AvgIpc) is 3.21. The quantitative estimate of drug-likeness (QED) is 0.734. The first-order chi connectivity index (χ1) is 13.5. The summed E-state index contributed by atoms with van der Waals surface area (Å²) in [6, 6.07) is 6.32. The number of aromatic nitrogens is 4. The van der Waals surface area contributed by atoms with E-state index in [4.69, 9.17) is 0 Å². The van der Waals surface area contributed by atoms with Crippen molar-refractivity contribution in [2.45, 2.75) is 40.3 Å². The van der Waals surface area contributed by atoms with Crippen LogP contribution in [0.4, 0.5) is 5.13 Å². The Kier molecular flexibility index (Phi) is 5.13. The average molecular weight is 397 g/mol. The Morgan fingerprint density at radius 2 is 1.89 bits per heavy atom. The van der Waals surface area contributed by atoms with Gasteiger partial charge >= 0.3 is 0 Å². The van der Waals surface area contributed by atoms with Crippen molar-refractivity contribution in [2.24, 2.45) is 0 Å². The highest BCUT2D eigenvalue weighted by molar-refractivity contribution is 7.15. The van der Waals surface area contributed by atoms with Crippen LogP contribution in [-0.2, 0) is 19.5 Å². The number of benzene rings is 1. The molecule has 0 spiro atoms. The summed E-state index contributed by atoms with van der Waals surface area (Å²) >= 11 is 1.61. The maximum absolute atomic E-state index is 12.6. The maximum atomic E-state index is 12.6. The van der Waals surface area contributed by atoms with Gasteiger partial charge in [0, 0.05) is 38.8 Å². The highest BCUT2D eigenvalue weighted by Crippen LogP contribution is 2.21. The molecule has 1 aliphatic rings. The Balaban J connectivity index is 1.39. The van der Waals surface area contributed by atoms with Gasteiger partial charge in [-0.2, -0.15) is 0 Å². The Morgan fingerprint density at radius 3 is 2.61 bits per heavy atom. The normalized spacial score (nSPS) is 13.9. The summed E-state index contributed by atoms with van der Waals surface area (Å²) in [7, 11) is 0. The highest BCUT2D eigenvalue weighted by atomic mass is 32.1. The molecule has 1 aliphatic heterocycles. The van der Waals surface area contributed by atoms with Crippen molar-refractivity contribution in [3.63, 3.8) is 0 Å². The van der Waals surface area contributed by atoms with E-state index in [1.165, 1.54) is 11.1 Å². The van der Waals surface area contributed by atoms with Crippen LogP contribution < -0.4 is 10.2 Å². The van der Waals surface area contributed by atoms with Gasteiger partial charge in [-0.15, -0.1) is 10.2 Å². The third kappa shape index (κ3) is 4.06. The zero-order valence-corrected chi connectivity index (χ0v) is 17.2. The number of hydrogen-bond acceptors (Lipinski definition) is 6. The van der Waals surface area contributed by atoms with Crippen LogP contribution in [0, 0.1) is 20.8 Å². The molecule has 0 atom stereocenters. The van der Waals surface area contributed by atoms with Crippen LogP contribution in [0.1, 0.15) is 38.0 Å². The number of imidazole rings is 1. The first-order valence-corrected chi connectivity index (χ1v) is 10.3.